The maximum atomic E-state index is 11.0. The number of benzene rings is 1. The average Bonchev–Trinajstić information content (AvgIpc) is 2.94. The Bertz CT molecular complexity index is 581. The third-order valence-corrected chi connectivity index (χ3v) is 3.26. The van der Waals surface area contributed by atoms with Gasteiger partial charge in [0.05, 0.1) is 11.6 Å². The summed E-state index contributed by atoms with van der Waals surface area (Å²) in [5.74, 6) is -0.467. The first-order valence-electron chi connectivity index (χ1n) is 5.78. The van der Waals surface area contributed by atoms with Gasteiger partial charge in [0.15, 0.2) is 5.58 Å². The molecule has 0 radical (unpaired) electrons. The molecule has 0 bridgehead atoms. The minimum Gasteiger partial charge on any atom is -0.408 e. The van der Waals surface area contributed by atoms with Gasteiger partial charge in [0.25, 0.3) is 0 Å². The van der Waals surface area contributed by atoms with Gasteiger partial charge in [0.2, 0.25) is 0 Å². The normalized spacial score (nSPS) is 22.1. The molecule has 2 heterocycles. The largest absolute Gasteiger partial charge is 0.417 e. The molecule has 5 heteroatoms. The number of aromatic amines is 1. The summed E-state index contributed by atoms with van der Waals surface area (Å²) in [6.45, 7) is 0.951. The number of hydrogen-bond donors (Lipinski definition) is 3. The van der Waals surface area contributed by atoms with E-state index in [1.54, 1.807) is 18.2 Å². The number of nitrogens with one attached hydrogen (secondary N) is 2. The van der Waals surface area contributed by atoms with Gasteiger partial charge in [-0.05, 0) is 37.1 Å². The molecule has 1 aromatic heterocycles. The summed E-state index contributed by atoms with van der Waals surface area (Å²) >= 11 is 0. The van der Waals surface area contributed by atoms with E-state index in [1.807, 2.05) is 0 Å². The van der Waals surface area contributed by atoms with Gasteiger partial charge in [-0.15, -0.1) is 0 Å². The van der Waals surface area contributed by atoms with Crippen LogP contribution in [0.5, 0.6) is 0 Å². The van der Waals surface area contributed by atoms with E-state index in [2.05, 4.69) is 10.3 Å². The van der Waals surface area contributed by atoms with Crippen molar-refractivity contribution in [3.63, 3.8) is 0 Å². The lowest BCUT2D eigenvalue weighted by molar-refractivity contribution is 0.137. The zero-order valence-corrected chi connectivity index (χ0v) is 9.27. The van der Waals surface area contributed by atoms with Gasteiger partial charge in [0.1, 0.15) is 0 Å². The second-order valence-electron chi connectivity index (χ2n) is 4.42. The standard InChI is InChI=1S/C12H14N2O3/c15-11(8-2-1-5-13-8)7-3-4-10-9(6-7)14-12(16)17-10/h3-4,6,8,11,13,15H,1-2,5H2,(H,14,16). The predicted molar refractivity (Wildman–Crippen MR) is 62.8 cm³/mol. The molecule has 1 fully saturated rings. The molecule has 1 saturated heterocycles. The Morgan fingerprint density at radius 1 is 1.47 bits per heavy atom. The Labute approximate surface area is 97.5 Å². The minimum absolute atomic E-state index is 0.103. The smallest absolute Gasteiger partial charge is 0.408 e. The third-order valence-electron chi connectivity index (χ3n) is 3.26. The van der Waals surface area contributed by atoms with Gasteiger partial charge in [-0.25, -0.2) is 4.79 Å². The van der Waals surface area contributed by atoms with Gasteiger partial charge in [0, 0.05) is 6.04 Å². The molecule has 0 spiro atoms. The van der Waals surface area contributed by atoms with Crippen molar-refractivity contribution in [3.05, 3.63) is 34.3 Å². The van der Waals surface area contributed by atoms with Crippen molar-refractivity contribution in [2.45, 2.75) is 25.0 Å². The molecular formula is C12H14N2O3. The molecule has 90 valence electrons. The summed E-state index contributed by atoms with van der Waals surface area (Å²) in [4.78, 5) is 13.6. The monoisotopic (exact) mass is 234 g/mol. The maximum absolute atomic E-state index is 11.0. The molecule has 1 aromatic carbocycles. The number of fused-ring (bicyclic) bond motifs is 1. The Hall–Kier alpha value is -1.59. The first kappa shape index (κ1) is 10.6. The summed E-state index contributed by atoms with van der Waals surface area (Å²) in [5.41, 5.74) is 1.95. The number of oxazole rings is 1. The van der Waals surface area contributed by atoms with Crippen molar-refractivity contribution < 1.29 is 9.52 Å². The molecule has 5 nitrogen and oxygen atoms in total. The van der Waals surface area contributed by atoms with Crippen molar-refractivity contribution in [3.8, 4) is 0 Å². The maximum Gasteiger partial charge on any atom is 0.417 e. The number of rotatable bonds is 2. The van der Waals surface area contributed by atoms with Crippen LogP contribution in [0, 0.1) is 0 Å². The molecule has 1 aliphatic heterocycles. The first-order valence-corrected chi connectivity index (χ1v) is 5.78. The fourth-order valence-corrected chi connectivity index (χ4v) is 2.37. The Morgan fingerprint density at radius 3 is 3.12 bits per heavy atom. The second-order valence-corrected chi connectivity index (χ2v) is 4.42. The second kappa shape index (κ2) is 4.01. The summed E-state index contributed by atoms with van der Waals surface area (Å²) < 4.78 is 4.92. The van der Waals surface area contributed by atoms with Crippen LogP contribution in [0.4, 0.5) is 0 Å². The molecule has 1 aliphatic rings. The van der Waals surface area contributed by atoms with Crippen LogP contribution in [-0.4, -0.2) is 22.7 Å². The topological polar surface area (TPSA) is 78.3 Å². The lowest BCUT2D eigenvalue weighted by Crippen LogP contribution is -2.28. The van der Waals surface area contributed by atoms with Crippen molar-refractivity contribution >= 4 is 11.1 Å². The third kappa shape index (κ3) is 1.87. The minimum atomic E-state index is -0.541. The highest BCUT2D eigenvalue weighted by Gasteiger charge is 2.24. The summed E-state index contributed by atoms with van der Waals surface area (Å²) in [6.07, 6.45) is 1.52. The van der Waals surface area contributed by atoms with Gasteiger partial charge in [-0.2, -0.15) is 0 Å². The van der Waals surface area contributed by atoms with Gasteiger partial charge in [-0.3, -0.25) is 4.98 Å². The average molecular weight is 234 g/mol. The Balaban J connectivity index is 1.96. The fraction of sp³-hybridized carbons (Fsp3) is 0.417. The summed E-state index contributed by atoms with van der Waals surface area (Å²) in [6, 6.07) is 5.38. The SMILES string of the molecule is O=c1[nH]c2cc(C(O)C3CCCN3)ccc2o1. The molecular weight excluding hydrogens is 220 g/mol. The van der Waals surface area contributed by atoms with Crippen molar-refractivity contribution in [2.24, 2.45) is 0 Å². The molecule has 0 saturated carbocycles. The molecule has 2 aromatic rings. The molecule has 0 amide bonds. The van der Waals surface area contributed by atoms with Crippen LogP contribution in [0.25, 0.3) is 11.1 Å². The molecule has 3 rings (SSSR count). The molecule has 2 unspecified atom stereocenters. The van der Waals surface area contributed by atoms with E-state index in [-0.39, 0.29) is 6.04 Å². The Morgan fingerprint density at radius 2 is 2.35 bits per heavy atom. The molecule has 17 heavy (non-hydrogen) atoms. The number of aliphatic hydroxyl groups excluding tert-OH is 1. The molecule has 0 aliphatic carbocycles. The van der Waals surface area contributed by atoms with Crippen LogP contribution in [0.1, 0.15) is 24.5 Å². The number of H-pyrrole nitrogens is 1. The number of hydrogen-bond acceptors (Lipinski definition) is 4. The lowest BCUT2D eigenvalue weighted by atomic mass is 10.0. The lowest BCUT2D eigenvalue weighted by Gasteiger charge is -2.18. The highest BCUT2D eigenvalue weighted by Crippen LogP contribution is 2.24. The van der Waals surface area contributed by atoms with Gasteiger partial charge < -0.3 is 14.8 Å². The van der Waals surface area contributed by atoms with Crippen LogP contribution < -0.4 is 11.1 Å². The van der Waals surface area contributed by atoms with Crippen LogP contribution in [0.3, 0.4) is 0 Å². The van der Waals surface area contributed by atoms with Crippen molar-refractivity contribution in [1.82, 2.24) is 10.3 Å². The van der Waals surface area contributed by atoms with Crippen molar-refractivity contribution in [1.29, 1.82) is 0 Å². The highest BCUT2D eigenvalue weighted by atomic mass is 16.4. The fourth-order valence-electron chi connectivity index (χ4n) is 2.37. The number of aromatic nitrogens is 1. The summed E-state index contributed by atoms with van der Waals surface area (Å²) in [5, 5.41) is 13.5. The zero-order chi connectivity index (χ0) is 11.8. The van der Waals surface area contributed by atoms with E-state index < -0.39 is 11.9 Å². The molecule has 2 atom stereocenters. The quantitative estimate of drug-likeness (QED) is 0.721. The predicted octanol–water partition coefficient (Wildman–Crippen LogP) is 0.906. The van der Waals surface area contributed by atoms with E-state index in [1.165, 1.54) is 0 Å². The van der Waals surface area contributed by atoms with Crippen LogP contribution >= 0.6 is 0 Å². The van der Waals surface area contributed by atoms with E-state index in [0.717, 1.165) is 24.9 Å². The highest BCUT2D eigenvalue weighted by molar-refractivity contribution is 5.72. The number of aliphatic hydroxyl groups is 1. The Kier molecular flexibility index (Phi) is 2.49. The zero-order valence-electron chi connectivity index (χ0n) is 9.27. The summed E-state index contributed by atoms with van der Waals surface area (Å²) in [7, 11) is 0. The van der Waals surface area contributed by atoms with Gasteiger partial charge >= 0.3 is 5.76 Å². The van der Waals surface area contributed by atoms with Crippen molar-refractivity contribution in [2.75, 3.05) is 6.54 Å². The van der Waals surface area contributed by atoms with E-state index in [9.17, 15) is 9.90 Å². The van der Waals surface area contributed by atoms with E-state index in [4.69, 9.17) is 4.42 Å². The van der Waals surface area contributed by atoms with Crippen LogP contribution in [-0.2, 0) is 0 Å². The van der Waals surface area contributed by atoms with Crippen LogP contribution in [0.15, 0.2) is 27.4 Å². The van der Waals surface area contributed by atoms with E-state index in [0.29, 0.717) is 11.1 Å². The molecule has 3 N–H and O–H groups in total. The first-order chi connectivity index (χ1) is 8.24. The van der Waals surface area contributed by atoms with Gasteiger partial charge in [-0.1, -0.05) is 6.07 Å². The van der Waals surface area contributed by atoms with Crippen LogP contribution in [0.2, 0.25) is 0 Å². The van der Waals surface area contributed by atoms with E-state index >= 15 is 0 Å².